The number of aryl methyl sites for hydroxylation is 1. The topological polar surface area (TPSA) is 17.8 Å². The van der Waals surface area contributed by atoms with Gasteiger partial charge in [0.1, 0.15) is 5.01 Å². The second kappa shape index (κ2) is 4.18. The van der Waals surface area contributed by atoms with Crippen LogP contribution in [0.3, 0.4) is 0 Å². The molecular weight excluding hydrogens is 228 g/mol. The van der Waals surface area contributed by atoms with Gasteiger partial charge in [0.25, 0.3) is 0 Å². The Balaban J connectivity index is 2.18. The Morgan fingerprint density at radius 3 is 2.53 bits per heavy atom. The SMILES string of the molecule is Cn1cc(-c2ccccc2)c(-c2nccs2)c1. The van der Waals surface area contributed by atoms with Crippen molar-refractivity contribution in [2.75, 3.05) is 0 Å². The molecule has 0 bridgehead atoms. The third-order valence-corrected chi connectivity index (χ3v) is 3.51. The standard InChI is InChI=1S/C14H12N2S/c1-16-9-12(11-5-3-2-4-6-11)13(10-16)14-15-7-8-17-14/h2-10H,1H3. The van der Waals surface area contributed by atoms with Crippen LogP contribution in [0.2, 0.25) is 0 Å². The molecule has 0 aliphatic rings. The number of hydrogen-bond donors (Lipinski definition) is 0. The van der Waals surface area contributed by atoms with Gasteiger partial charge in [-0.15, -0.1) is 11.3 Å². The molecule has 2 heterocycles. The van der Waals surface area contributed by atoms with Crippen LogP contribution in [-0.2, 0) is 7.05 Å². The summed E-state index contributed by atoms with van der Waals surface area (Å²) in [5.41, 5.74) is 3.68. The van der Waals surface area contributed by atoms with E-state index in [1.54, 1.807) is 11.3 Å². The predicted molar refractivity (Wildman–Crippen MR) is 72.0 cm³/mol. The lowest BCUT2D eigenvalue weighted by molar-refractivity contribution is 0.929. The summed E-state index contributed by atoms with van der Waals surface area (Å²) in [5.74, 6) is 0. The van der Waals surface area contributed by atoms with Crippen LogP contribution >= 0.6 is 11.3 Å². The Morgan fingerprint density at radius 1 is 1.06 bits per heavy atom. The zero-order valence-electron chi connectivity index (χ0n) is 9.50. The lowest BCUT2D eigenvalue weighted by Gasteiger charge is -2.00. The predicted octanol–water partition coefficient (Wildman–Crippen LogP) is 3.82. The van der Waals surface area contributed by atoms with Crippen LogP contribution in [0, 0.1) is 0 Å². The fourth-order valence-electron chi connectivity index (χ4n) is 1.96. The molecule has 1 aromatic carbocycles. The number of aromatic nitrogens is 2. The lowest BCUT2D eigenvalue weighted by Crippen LogP contribution is -1.78. The molecule has 0 aliphatic heterocycles. The number of hydrogen-bond acceptors (Lipinski definition) is 2. The molecule has 3 rings (SSSR count). The maximum atomic E-state index is 4.39. The van der Waals surface area contributed by atoms with Gasteiger partial charge in [0.05, 0.1) is 0 Å². The smallest absolute Gasteiger partial charge is 0.125 e. The van der Waals surface area contributed by atoms with Crippen molar-refractivity contribution in [3.63, 3.8) is 0 Å². The van der Waals surface area contributed by atoms with Crippen LogP contribution in [0.5, 0.6) is 0 Å². The maximum Gasteiger partial charge on any atom is 0.125 e. The highest BCUT2D eigenvalue weighted by atomic mass is 32.1. The first-order chi connectivity index (χ1) is 8.34. The van der Waals surface area contributed by atoms with Crippen LogP contribution in [-0.4, -0.2) is 9.55 Å². The molecule has 0 fully saturated rings. The fraction of sp³-hybridized carbons (Fsp3) is 0.0714. The first kappa shape index (κ1) is 10.3. The fourth-order valence-corrected chi connectivity index (χ4v) is 2.62. The molecule has 0 spiro atoms. The molecule has 2 nitrogen and oxygen atoms in total. The van der Waals surface area contributed by atoms with Gasteiger partial charge in [-0.1, -0.05) is 30.3 Å². The van der Waals surface area contributed by atoms with Gasteiger partial charge in [-0.05, 0) is 5.56 Å². The van der Waals surface area contributed by atoms with Crippen molar-refractivity contribution in [3.8, 4) is 21.7 Å². The maximum absolute atomic E-state index is 4.39. The molecule has 0 aliphatic carbocycles. The Bertz CT molecular complexity index is 609. The zero-order chi connectivity index (χ0) is 11.7. The minimum absolute atomic E-state index is 1.07. The average molecular weight is 240 g/mol. The van der Waals surface area contributed by atoms with Crippen LogP contribution < -0.4 is 0 Å². The lowest BCUT2D eigenvalue weighted by atomic mass is 10.1. The van der Waals surface area contributed by atoms with E-state index in [-0.39, 0.29) is 0 Å². The molecule has 0 saturated heterocycles. The molecule has 0 radical (unpaired) electrons. The van der Waals surface area contributed by atoms with Crippen molar-refractivity contribution >= 4 is 11.3 Å². The summed E-state index contributed by atoms with van der Waals surface area (Å²) in [4.78, 5) is 4.39. The molecule has 84 valence electrons. The second-order valence-corrected chi connectivity index (χ2v) is 4.85. The van der Waals surface area contributed by atoms with Crippen molar-refractivity contribution < 1.29 is 0 Å². The van der Waals surface area contributed by atoms with Crippen LogP contribution in [0.4, 0.5) is 0 Å². The molecule has 0 amide bonds. The molecule has 0 N–H and O–H groups in total. The van der Waals surface area contributed by atoms with Gasteiger partial charge in [0.2, 0.25) is 0 Å². The van der Waals surface area contributed by atoms with Gasteiger partial charge in [-0.2, -0.15) is 0 Å². The molecule has 3 aromatic rings. The van der Waals surface area contributed by atoms with Crippen molar-refractivity contribution in [3.05, 3.63) is 54.3 Å². The highest BCUT2D eigenvalue weighted by Gasteiger charge is 2.11. The molecule has 0 atom stereocenters. The third-order valence-electron chi connectivity index (χ3n) is 2.70. The van der Waals surface area contributed by atoms with Gasteiger partial charge in [0, 0.05) is 42.1 Å². The number of thiazole rings is 1. The quantitative estimate of drug-likeness (QED) is 0.666. The van der Waals surface area contributed by atoms with E-state index in [1.807, 2.05) is 24.7 Å². The van der Waals surface area contributed by atoms with Crippen molar-refractivity contribution in [1.82, 2.24) is 9.55 Å². The summed E-state index contributed by atoms with van der Waals surface area (Å²) in [6.45, 7) is 0. The van der Waals surface area contributed by atoms with Crippen LogP contribution in [0.1, 0.15) is 0 Å². The molecule has 17 heavy (non-hydrogen) atoms. The van der Waals surface area contributed by atoms with Crippen LogP contribution in [0.15, 0.2) is 54.3 Å². The Hall–Kier alpha value is -1.87. The van der Waals surface area contributed by atoms with Crippen molar-refractivity contribution in [2.45, 2.75) is 0 Å². The molecule has 3 heteroatoms. The van der Waals surface area contributed by atoms with E-state index in [1.165, 1.54) is 16.7 Å². The van der Waals surface area contributed by atoms with Crippen LogP contribution in [0.25, 0.3) is 21.7 Å². The van der Waals surface area contributed by atoms with Gasteiger partial charge >= 0.3 is 0 Å². The molecular formula is C14H12N2S. The third kappa shape index (κ3) is 1.89. The monoisotopic (exact) mass is 240 g/mol. The van der Waals surface area contributed by atoms with Gasteiger partial charge in [0.15, 0.2) is 0 Å². The van der Waals surface area contributed by atoms with E-state index in [0.717, 1.165) is 5.01 Å². The van der Waals surface area contributed by atoms with Gasteiger partial charge in [-0.25, -0.2) is 4.98 Å². The number of nitrogens with zero attached hydrogens (tertiary/aromatic N) is 2. The number of benzene rings is 1. The Labute approximate surface area is 104 Å². The average Bonchev–Trinajstić information content (AvgIpc) is 2.98. The summed E-state index contributed by atoms with van der Waals surface area (Å²) in [6.07, 6.45) is 6.12. The minimum Gasteiger partial charge on any atom is -0.356 e. The van der Waals surface area contributed by atoms with Gasteiger partial charge in [-0.3, -0.25) is 0 Å². The molecule has 2 aromatic heterocycles. The highest BCUT2D eigenvalue weighted by molar-refractivity contribution is 7.13. The molecule has 0 unspecified atom stereocenters. The van der Waals surface area contributed by atoms with E-state index in [4.69, 9.17) is 0 Å². The van der Waals surface area contributed by atoms with Gasteiger partial charge < -0.3 is 4.57 Å². The Kier molecular flexibility index (Phi) is 2.53. The minimum atomic E-state index is 1.07. The normalized spacial score (nSPS) is 10.6. The van der Waals surface area contributed by atoms with E-state index in [2.05, 4.69) is 46.2 Å². The summed E-state index contributed by atoms with van der Waals surface area (Å²) in [7, 11) is 2.05. The summed E-state index contributed by atoms with van der Waals surface area (Å²) < 4.78 is 2.08. The second-order valence-electron chi connectivity index (χ2n) is 3.95. The van der Waals surface area contributed by atoms with E-state index >= 15 is 0 Å². The molecule has 0 saturated carbocycles. The first-order valence-corrected chi connectivity index (χ1v) is 6.34. The number of rotatable bonds is 2. The highest BCUT2D eigenvalue weighted by Crippen LogP contribution is 2.33. The summed E-state index contributed by atoms with van der Waals surface area (Å²) in [6, 6.07) is 10.4. The Morgan fingerprint density at radius 2 is 1.82 bits per heavy atom. The summed E-state index contributed by atoms with van der Waals surface area (Å²) in [5, 5.41) is 3.08. The van der Waals surface area contributed by atoms with E-state index in [0.29, 0.717) is 0 Å². The van der Waals surface area contributed by atoms with E-state index < -0.39 is 0 Å². The van der Waals surface area contributed by atoms with Crippen molar-refractivity contribution in [2.24, 2.45) is 7.05 Å². The van der Waals surface area contributed by atoms with E-state index in [9.17, 15) is 0 Å². The first-order valence-electron chi connectivity index (χ1n) is 5.46. The summed E-state index contributed by atoms with van der Waals surface area (Å²) >= 11 is 1.67. The largest absolute Gasteiger partial charge is 0.356 e. The van der Waals surface area contributed by atoms with Crippen molar-refractivity contribution in [1.29, 1.82) is 0 Å². The zero-order valence-corrected chi connectivity index (χ0v) is 10.3.